The van der Waals surface area contributed by atoms with Crippen LogP contribution in [0.2, 0.25) is 10.0 Å². The highest BCUT2D eigenvalue weighted by molar-refractivity contribution is 6.35. The number of nitrogens with zero attached hydrogens (tertiary/aromatic N) is 5. The summed E-state index contributed by atoms with van der Waals surface area (Å²) in [7, 11) is 3.85. The molecule has 6 aromatic rings. The van der Waals surface area contributed by atoms with Crippen LogP contribution in [-0.2, 0) is 20.5 Å². The number of carboxylic acid groups (broad SMARTS) is 1. The number of amides is 1. The van der Waals surface area contributed by atoms with Gasteiger partial charge >= 0.3 is 5.97 Å². The molecule has 4 heterocycles. The molecule has 1 N–H and O–H groups in total. The Hall–Kier alpha value is -4.73. The minimum Gasteiger partial charge on any atom is -0.494 e. The minimum absolute atomic E-state index is 0.140. The molecule has 7 rings (SSSR count). The number of aromatic carboxylic acids is 1. The van der Waals surface area contributed by atoms with Gasteiger partial charge in [0.05, 0.1) is 39.6 Å². The average molecular weight is 727 g/mol. The number of ether oxygens (including phenoxy) is 1. The Balaban J connectivity index is 1.39. The van der Waals surface area contributed by atoms with Crippen LogP contribution < -0.4 is 9.64 Å². The summed E-state index contributed by atoms with van der Waals surface area (Å²) in [4.78, 5) is 28.9. The van der Waals surface area contributed by atoms with Crippen LogP contribution in [0.3, 0.4) is 0 Å². The molecule has 1 atom stereocenters. The van der Waals surface area contributed by atoms with Crippen molar-refractivity contribution in [2.45, 2.75) is 60.4 Å². The van der Waals surface area contributed by atoms with Crippen molar-refractivity contribution in [1.82, 2.24) is 18.9 Å². The van der Waals surface area contributed by atoms with Gasteiger partial charge in [-0.05, 0) is 107 Å². The smallest absolute Gasteiger partial charge is 0.335 e. The highest BCUT2D eigenvalue weighted by atomic mass is 35.5. The largest absolute Gasteiger partial charge is 0.494 e. The van der Waals surface area contributed by atoms with Crippen LogP contribution in [0.25, 0.3) is 32.9 Å². The van der Waals surface area contributed by atoms with Gasteiger partial charge in [-0.2, -0.15) is 5.10 Å². The maximum absolute atomic E-state index is 15.0. The van der Waals surface area contributed by atoms with E-state index in [0.29, 0.717) is 42.4 Å². The summed E-state index contributed by atoms with van der Waals surface area (Å²) in [5, 5.41) is 17.6. The van der Waals surface area contributed by atoms with Crippen molar-refractivity contribution in [3.63, 3.8) is 0 Å². The Morgan fingerprint density at radius 2 is 1.67 bits per heavy atom. The molecule has 0 bridgehead atoms. The SMILES string of the molecule is Cc1cc(OCCCc2c3n(c4c(-c5c(C)nn(C)c5C)c(Cl)ccc24)C(C)CN(c2cn(C)c4c(C)cc(C(=O)O)cc24)C3=O)cc(C)c1Cl. The van der Waals surface area contributed by atoms with Gasteiger partial charge in [0.2, 0.25) is 0 Å². The lowest BCUT2D eigenvalue weighted by Gasteiger charge is -2.34. The number of aryl methyl sites for hydroxylation is 7. The predicted octanol–water partition coefficient (Wildman–Crippen LogP) is 9.31. The number of hydrogen-bond acceptors (Lipinski definition) is 4. The van der Waals surface area contributed by atoms with Crippen molar-refractivity contribution in [1.29, 1.82) is 0 Å². The summed E-state index contributed by atoms with van der Waals surface area (Å²) < 4.78 is 12.2. The third-order valence-corrected chi connectivity index (χ3v) is 11.3. The summed E-state index contributed by atoms with van der Waals surface area (Å²) in [5.41, 5.74) is 10.6. The van der Waals surface area contributed by atoms with Gasteiger partial charge in [-0.1, -0.05) is 29.3 Å². The molecule has 3 aromatic carbocycles. The van der Waals surface area contributed by atoms with Gasteiger partial charge in [0, 0.05) is 65.5 Å². The lowest BCUT2D eigenvalue weighted by Crippen LogP contribution is -2.42. The Kier molecular flexibility index (Phi) is 8.71. The topological polar surface area (TPSA) is 94.5 Å². The normalized spacial score (nSPS) is 14.6. The lowest BCUT2D eigenvalue weighted by molar-refractivity contribution is 0.0696. The molecule has 51 heavy (non-hydrogen) atoms. The van der Waals surface area contributed by atoms with E-state index in [4.69, 9.17) is 33.0 Å². The van der Waals surface area contributed by atoms with E-state index in [1.54, 1.807) is 12.1 Å². The molecule has 0 fully saturated rings. The molecule has 11 heteroatoms. The number of halogens is 2. The van der Waals surface area contributed by atoms with E-state index in [1.165, 1.54) is 0 Å². The zero-order valence-electron chi connectivity index (χ0n) is 30.1. The van der Waals surface area contributed by atoms with Gasteiger partial charge in [0.1, 0.15) is 11.4 Å². The third-order valence-electron chi connectivity index (χ3n) is 10.3. The second kappa shape index (κ2) is 12.8. The average Bonchev–Trinajstić information content (AvgIpc) is 3.68. The molecule has 1 unspecified atom stereocenters. The Bertz CT molecular complexity index is 2410. The first-order chi connectivity index (χ1) is 24.2. The first-order valence-electron chi connectivity index (χ1n) is 17.1. The van der Waals surface area contributed by atoms with E-state index >= 15 is 4.79 Å². The first-order valence-corrected chi connectivity index (χ1v) is 17.8. The van der Waals surface area contributed by atoms with Crippen LogP contribution in [0.5, 0.6) is 5.75 Å². The molecule has 0 radical (unpaired) electrons. The number of fused-ring (bicyclic) bond motifs is 4. The number of carboxylic acids is 1. The molecule has 1 aliphatic heterocycles. The summed E-state index contributed by atoms with van der Waals surface area (Å²) in [6, 6.07) is 11.0. The van der Waals surface area contributed by atoms with Gasteiger partial charge in [0.25, 0.3) is 5.91 Å². The van der Waals surface area contributed by atoms with Crippen molar-refractivity contribution >= 4 is 62.6 Å². The number of carbonyl (C=O) groups excluding carboxylic acids is 1. The van der Waals surface area contributed by atoms with Crippen LogP contribution in [0.15, 0.2) is 42.6 Å². The molecular formula is C40H41Cl2N5O4. The minimum atomic E-state index is -1.01. The van der Waals surface area contributed by atoms with Crippen LogP contribution in [-0.4, -0.2) is 49.0 Å². The maximum atomic E-state index is 15.0. The van der Waals surface area contributed by atoms with Gasteiger partial charge in [-0.15, -0.1) is 0 Å². The standard InChI is InChI=1S/C40H41Cl2N5O4/c1-20-15-27(16-21(2)35(20)42)51-13-9-10-28-29-11-12-31(41)34(33-24(5)43-45(8)25(33)6)37(29)47-23(4)18-46(39(48)38(28)47)32-19-44(7)36-22(3)14-26(40(49)50)17-30(32)36/h11-12,14-17,19,23H,9-10,13,18H2,1-8H3,(H,49,50). The van der Waals surface area contributed by atoms with Gasteiger partial charge in [0.15, 0.2) is 0 Å². The number of rotatable bonds is 8. The van der Waals surface area contributed by atoms with Crippen molar-refractivity contribution in [3.8, 4) is 16.9 Å². The van der Waals surface area contributed by atoms with Gasteiger partial charge in [-0.25, -0.2) is 4.79 Å². The third kappa shape index (κ3) is 5.58. The van der Waals surface area contributed by atoms with Crippen molar-refractivity contribution in [3.05, 3.63) is 97.5 Å². The summed E-state index contributed by atoms with van der Waals surface area (Å²) in [5.74, 6) is -0.388. The highest BCUT2D eigenvalue weighted by Gasteiger charge is 2.38. The molecule has 264 valence electrons. The molecule has 0 saturated heterocycles. The Morgan fingerprint density at radius 3 is 2.31 bits per heavy atom. The molecule has 1 amide bonds. The highest BCUT2D eigenvalue weighted by Crippen LogP contribution is 2.46. The van der Waals surface area contributed by atoms with Crippen LogP contribution >= 0.6 is 23.2 Å². The number of aromatic nitrogens is 4. The van der Waals surface area contributed by atoms with E-state index in [9.17, 15) is 9.90 Å². The van der Waals surface area contributed by atoms with Crippen molar-refractivity contribution < 1.29 is 19.4 Å². The van der Waals surface area contributed by atoms with Crippen LogP contribution in [0.4, 0.5) is 5.69 Å². The fourth-order valence-corrected chi connectivity index (χ4v) is 8.39. The van der Waals surface area contributed by atoms with Crippen molar-refractivity contribution in [2.75, 3.05) is 18.1 Å². The molecule has 0 aliphatic carbocycles. The van der Waals surface area contributed by atoms with E-state index in [-0.39, 0.29) is 17.5 Å². The van der Waals surface area contributed by atoms with Crippen LogP contribution in [0.1, 0.15) is 73.9 Å². The number of benzene rings is 3. The van der Waals surface area contributed by atoms with Gasteiger partial charge < -0.3 is 23.9 Å². The zero-order valence-corrected chi connectivity index (χ0v) is 31.6. The monoisotopic (exact) mass is 725 g/mol. The zero-order chi connectivity index (χ0) is 36.6. The quantitative estimate of drug-likeness (QED) is 0.158. The summed E-state index contributed by atoms with van der Waals surface area (Å²) >= 11 is 13.5. The molecule has 0 saturated carbocycles. The first kappa shape index (κ1) is 34.7. The number of carbonyl (C=O) groups is 2. The summed E-state index contributed by atoms with van der Waals surface area (Å²) in [6.07, 6.45) is 3.17. The Morgan fingerprint density at radius 1 is 0.961 bits per heavy atom. The number of hydrogen-bond donors (Lipinski definition) is 1. The molecule has 3 aromatic heterocycles. The van der Waals surface area contributed by atoms with Gasteiger partial charge in [-0.3, -0.25) is 9.48 Å². The molecule has 9 nitrogen and oxygen atoms in total. The fourth-order valence-electron chi connectivity index (χ4n) is 8.04. The van der Waals surface area contributed by atoms with E-state index in [1.807, 2.05) is 93.3 Å². The fraction of sp³-hybridized carbons (Fsp3) is 0.325. The molecular weight excluding hydrogens is 685 g/mol. The second-order valence-corrected chi connectivity index (χ2v) is 14.7. The second-order valence-electron chi connectivity index (χ2n) is 13.9. The Labute approximate surface area is 306 Å². The lowest BCUT2D eigenvalue weighted by atomic mass is 9.98. The van der Waals surface area contributed by atoms with E-state index in [2.05, 4.69) is 11.5 Å². The predicted molar refractivity (Wildman–Crippen MR) is 204 cm³/mol. The molecule has 1 aliphatic rings. The number of anilines is 1. The van der Waals surface area contributed by atoms with Crippen LogP contribution in [0, 0.1) is 34.6 Å². The molecule has 0 spiro atoms. The van der Waals surface area contributed by atoms with Crippen molar-refractivity contribution in [2.24, 2.45) is 14.1 Å². The van der Waals surface area contributed by atoms with E-state index < -0.39 is 5.97 Å². The van der Waals surface area contributed by atoms with E-state index in [0.717, 1.165) is 77.3 Å². The maximum Gasteiger partial charge on any atom is 0.335 e. The summed E-state index contributed by atoms with van der Waals surface area (Å²) in [6.45, 7) is 12.8.